The summed E-state index contributed by atoms with van der Waals surface area (Å²) in [7, 11) is 0. The molecule has 0 spiro atoms. The van der Waals surface area contributed by atoms with Gasteiger partial charge in [0.05, 0.1) is 0 Å². The molecule has 0 amide bonds. The van der Waals surface area contributed by atoms with Crippen molar-refractivity contribution in [1.82, 2.24) is 0 Å². The van der Waals surface area contributed by atoms with Crippen LogP contribution < -0.4 is 0 Å². The van der Waals surface area contributed by atoms with Crippen LogP contribution in [0.15, 0.2) is 130 Å². The van der Waals surface area contributed by atoms with Crippen molar-refractivity contribution < 1.29 is 28.6 Å². The number of hydrogen-bond acceptors (Lipinski definition) is 6. The number of hydrogen-bond donors (Lipinski definition) is 0. The number of esters is 2. The highest BCUT2D eigenvalue weighted by molar-refractivity contribution is 5.72. The molecule has 6 heteroatoms. The van der Waals surface area contributed by atoms with E-state index in [1.165, 1.54) is 34.8 Å². The van der Waals surface area contributed by atoms with Crippen molar-refractivity contribution >= 4 is 18.4 Å². The van der Waals surface area contributed by atoms with E-state index in [1.54, 1.807) is 0 Å². The average Bonchev–Trinajstić information content (AvgIpc) is 3.00. The molecular weight excluding hydrogens is 636 g/mol. The Kier molecular flexibility index (Phi) is 17.1. The molecule has 0 radical (unpaired) electrons. The third kappa shape index (κ3) is 15.5. The molecule has 0 heterocycles. The van der Waals surface area contributed by atoms with E-state index in [-0.39, 0.29) is 42.1 Å². The zero-order valence-electron chi connectivity index (χ0n) is 32.8. The molecule has 0 N–H and O–H groups in total. The highest BCUT2D eigenvalue weighted by Gasteiger charge is 2.35. The van der Waals surface area contributed by atoms with Gasteiger partial charge in [0.2, 0.25) is 0 Å². The average molecular weight is 697 g/mol. The molecule has 0 aromatic carbocycles. The van der Waals surface area contributed by atoms with E-state index in [0.29, 0.717) is 12.8 Å². The molecule has 51 heavy (non-hydrogen) atoms. The first-order chi connectivity index (χ1) is 23.9. The lowest BCUT2D eigenvalue weighted by atomic mass is 9.71. The number of carbonyl (C=O) groups excluding carboxylic acids is 3. The van der Waals surface area contributed by atoms with Crippen molar-refractivity contribution in [3.63, 3.8) is 0 Å². The Bertz CT molecular complexity index is 1610. The molecule has 0 aromatic rings. The molecule has 0 fully saturated rings. The highest BCUT2D eigenvalue weighted by atomic mass is 16.6. The van der Waals surface area contributed by atoms with Crippen molar-refractivity contribution in [2.75, 3.05) is 6.61 Å². The van der Waals surface area contributed by atoms with Crippen LogP contribution in [0.2, 0.25) is 0 Å². The lowest BCUT2D eigenvalue weighted by Crippen LogP contribution is -2.32. The monoisotopic (exact) mass is 696 g/mol. The third-order valence-electron chi connectivity index (χ3n) is 9.11. The first-order valence-electron chi connectivity index (χ1n) is 17.8. The molecule has 0 saturated heterocycles. The minimum atomic E-state index is -0.519. The number of allylic oxidation sites excluding steroid dienone is 20. The number of carbonyl (C=O) groups is 3. The Balaban J connectivity index is 1.92. The maximum Gasteiger partial charge on any atom is 0.344 e. The summed E-state index contributed by atoms with van der Waals surface area (Å²) in [6.45, 7) is 22.7. The molecule has 2 aliphatic carbocycles. The minimum Gasteiger partial charge on any atom is -0.462 e. The Morgan fingerprint density at radius 3 is 1.41 bits per heavy atom. The van der Waals surface area contributed by atoms with Gasteiger partial charge in [-0.1, -0.05) is 146 Å². The van der Waals surface area contributed by atoms with Gasteiger partial charge in [-0.3, -0.25) is 9.59 Å². The molecule has 0 aliphatic heterocycles. The maximum absolute atomic E-state index is 11.9. The van der Waals surface area contributed by atoms with Crippen LogP contribution >= 0.6 is 0 Å². The van der Waals surface area contributed by atoms with E-state index in [9.17, 15) is 14.4 Å². The smallest absolute Gasteiger partial charge is 0.344 e. The topological polar surface area (TPSA) is 78.9 Å². The molecule has 2 rings (SSSR count). The van der Waals surface area contributed by atoms with E-state index >= 15 is 0 Å². The summed E-state index contributed by atoms with van der Waals surface area (Å²) in [4.78, 5) is 33.7. The van der Waals surface area contributed by atoms with E-state index in [0.717, 1.165) is 29.6 Å². The molecule has 6 nitrogen and oxygen atoms in total. The van der Waals surface area contributed by atoms with Crippen LogP contribution in [0.4, 0.5) is 0 Å². The summed E-state index contributed by atoms with van der Waals surface area (Å²) in [5.74, 6) is -0.731. The SMILES string of the molecule is CC(=O)OC1CC(C)=C(/C=C/C(C)=C/C=C/C(C)=C/C=C/C=C(C)/C=C/C=C(C)/C=C/C2=C(C)CC(OC(=O)COC=O)CC2(C)C)C(C)(C)C1. The van der Waals surface area contributed by atoms with Crippen molar-refractivity contribution in [1.29, 1.82) is 0 Å². The Morgan fingerprint density at radius 1 is 0.627 bits per heavy atom. The van der Waals surface area contributed by atoms with Crippen LogP contribution in [0.1, 0.15) is 102 Å². The van der Waals surface area contributed by atoms with E-state index < -0.39 is 5.97 Å². The van der Waals surface area contributed by atoms with E-state index in [4.69, 9.17) is 9.47 Å². The maximum atomic E-state index is 11.9. The summed E-state index contributed by atoms with van der Waals surface area (Å²) in [6, 6.07) is 0. The van der Waals surface area contributed by atoms with Crippen molar-refractivity contribution in [3.8, 4) is 0 Å². The number of rotatable bonds is 15. The van der Waals surface area contributed by atoms with E-state index in [1.807, 2.05) is 12.2 Å². The van der Waals surface area contributed by atoms with Crippen molar-refractivity contribution in [2.45, 2.75) is 114 Å². The Labute approximate surface area is 307 Å². The van der Waals surface area contributed by atoms with Crippen molar-refractivity contribution in [2.24, 2.45) is 10.8 Å². The van der Waals surface area contributed by atoms with Gasteiger partial charge < -0.3 is 14.2 Å². The van der Waals surface area contributed by atoms with Crippen LogP contribution in [0.5, 0.6) is 0 Å². The zero-order chi connectivity index (χ0) is 38.2. The molecule has 0 saturated carbocycles. The van der Waals surface area contributed by atoms with Gasteiger partial charge >= 0.3 is 11.9 Å². The summed E-state index contributed by atoms with van der Waals surface area (Å²) in [5, 5.41) is 0. The Morgan fingerprint density at radius 2 is 1.02 bits per heavy atom. The van der Waals surface area contributed by atoms with Gasteiger partial charge in [0, 0.05) is 19.8 Å². The number of ether oxygens (including phenoxy) is 3. The first-order valence-corrected chi connectivity index (χ1v) is 17.8. The van der Waals surface area contributed by atoms with Crippen molar-refractivity contribution in [3.05, 3.63) is 130 Å². The van der Waals surface area contributed by atoms with Gasteiger partial charge in [0.1, 0.15) is 12.2 Å². The van der Waals surface area contributed by atoms with Gasteiger partial charge in [0.15, 0.2) is 6.61 Å². The summed E-state index contributed by atoms with van der Waals surface area (Å²) >= 11 is 0. The normalized spacial score (nSPS) is 22.3. The second-order valence-electron chi connectivity index (χ2n) is 15.1. The standard InChI is InChI=1S/C45H60O6/c1-32(18-14-20-34(3)22-24-41-36(5)26-39(50-38(7)47)28-44(41,8)9)16-12-13-17-33(2)19-15-21-35(4)23-25-42-37(6)27-40(29-45(42,10)11)51-43(48)30-49-31-46/h12-25,31,39-40H,26-30H2,1-11H3/b13-12+,18-14+,19-15+,24-22+,25-23+,32-16+,33-17+,34-20+,35-21+. The van der Waals surface area contributed by atoms with Gasteiger partial charge in [0.25, 0.3) is 6.47 Å². The van der Waals surface area contributed by atoms with Gasteiger partial charge in [-0.15, -0.1) is 0 Å². The fourth-order valence-corrected chi connectivity index (χ4v) is 6.79. The molecule has 2 atom stereocenters. The molecule has 2 aliphatic rings. The summed E-state index contributed by atoms with van der Waals surface area (Å²) in [6.07, 6.45) is 32.2. The van der Waals surface area contributed by atoms with Crippen LogP contribution in [0.25, 0.3) is 0 Å². The van der Waals surface area contributed by atoms with Gasteiger partial charge in [-0.25, -0.2) is 4.79 Å². The van der Waals surface area contributed by atoms with Crippen LogP contribution in [-0.4, -0.2) is 37.2 Å². The molecule has 0 aromatic heterocycles. The van der Waals surface area contributed by atoms with E-state index in [2.05, 4.69) is 147 Å². The summed E-state index contributed by atoms with van der Waals surface area (Å²) in [5.41, 5.74) is 9.43. The minimum absolute atomic E-state index is 0.0470. The molecule has 0 bridgehead atoms. The first kappa shape index (κ1) is 42.7. The van der Waals surface area contributed by atoms with Gasteiger partial charge in [-0.2, -0.15) is 0 Å². The van der Waals surface area contributed by atoms with Crippen LogP contribution in [0, 0.1) is 10.8 Å². The lowest BCUT2D eigenvalue weighted by Gasteiger charge is -2.37. The quantitative estimate of drug-likeness (QED) is 0.0734. The fraction of sp³-hybridized carbons (Fsp3) is 0.444. The van der Waals surface area contributed by atoms with Gasteiger partial charge in [-0.05, 0) is 76.4 Å². The second-order valence-corrected chi connectivity index (χ2v) is 15.1. The predicted octanol–water partition coefficient (Wildman–Crippen LogP) is 10.8. The highest BCUT2D eigenvalue weighted by Crippen LogP contribution is 2.43. The largest absolute Gasteiger partial charge is 0.462 e. The van der Waals surface area contributed by atoms with Crippen LogP contribution in [0.3, 0.4) is 0 Å². The predicted molar refractivity (Wildman–Crippen MR) is 210 cm³/mol. The lowest BCUT2D eigenvalue weighted by molar-refractivity contribution is -0.158. The fourth-order valence-electron chi connectivity index (χ4n) is 6.79. The molecular formula is C45H60O6. The van der Waals surface area contributed by atoms with Crippen LogP contribution in [-0.2, 0) is 28.6 Å². The second kappa shape index (κ2) is 20.4. The molecule has 276 valence electrons. The summed E-state index contributed by atoms with van der Waals surface area (Å²) < 4.78 is 15.6. The Hall–Kier alpha value is -4.45. The molecule has 2 unspecified atom stereocenters. The zero-order valence-corrected chi connectivity index (χ0v) is 32.8. The third-order valence-corrected chi connectivity index (χ3v) is 9.11.